The van der Waals surface area contributed by atoms with Crippen molar-refractivity contribution in [1.29, 1.82) is 0 Å². The summed E-state index contributed by atoms with van der Waals surface area (Å²) >= 11 is 0. The summed E-state index contributed by atoms with van der Waals surface area (Å²) in [5, 5.41) is 14.0. The van der Waals surface area contributed by atoms with E-state index in [1.54, 1.807) is 0 Å². The van der Waals surface area contributed by atoms with Crippen LogP contribution in [-0.2, 0) is 18.4 Å². The van der Waals surface area contributed by atoms with Gasteiger partial charge in [0.15, 0.2) is 0 Å². The van der Waals surface area contributed by atoms with E-state index in [0.29, 0.717) is 23.9 Å². The molecule has 0 spiro atoms. The minimum absolute atomic E-state index is 0.0127. The van der Waals surface area contributed by atoms with Crippen molar-refractivity contribution in [2.45, 2.75) is 296 Å². The molecule has 0 saturated carbocycles. The highest BCUT2D eigenvalue weighted by molar-refractivity contribution is 7.45. The summed E-state index contributed by atoms with van der Waals surface area (Å²) in [5.41, 5.74) is 0. The van der Waals surface area contributed by atoms with Crippen LogP contribution in [0, 0.1) is 0 Å². The lowest BCUT2D eigenvalue weighted by Crippen LogP contribution is -2.46. The smallest absolute Gasteiger partial charge is 0.268 e. The molecule has 0 aliphatic rings. The first-order chi connectivity index (χ1) is 31.0. The molecule has 64 heavy (non-hydrogen) atoms. The van der Waals surface area contributed by atoms with Crippen LogP contribution >= 0.6 is 7.82 Å². The number of unbranched alkanes of at least 4 members (excludes halogenated alkanes) is 37. The third kappa shape index (κ3) is 49.2. The van der Waals surface area contributed by atoms with Crippen LogP contribution in [0.15, 0.2) is 12.2 Å². The van der Waals surface area contributed by atoms with Gasteiger partial charge in [-0.2, -0.15) is 0 Å². The molecule has 0 aromatic carbocycles. The largest absolute Gasteiger partial charge is 0.756 e. The Morgan fingerprint density at radius 3 is 1.25 bits per heavy atom. The van der Waals surface area contributed by atoms with Crippen molar-refractivity contribution in [2.24, 2.45) is 0 Å². The summed E-state index contributed by atoms with van der Waals surface area (Å²) in [6, 6.07) is -0.801. The van der Waals surface area contributed by atoms with Crippen molar-refractivity contribution in [3.63, 3.8) is 0 Å². The number of aliphatic hydroxyl groups excluding tert-OH is 1. The Morgan fingerprint density at radius 1 is 0.531 bits per heavy atom. The fourth-order valence-corrected chi connectivity index (χ4v) is 9.29. The van der Waals surface area contributed by atoms with E-state index in [1.807, 2.05) is 21.1 Å². The summed E-state index contributed by atoms with van der Waals surface area (Å²) < 4.78 is 23.3. The average molecular weight is 927 g/mol. The van der Waals surface area contributed by atoms with Crippen LogP contribution in [0.25, 0.3) is 0 Å². The van der Waals surface area contributed by atoms with Crippen LogP contribution < -0.4 is 10.2 Å². The number of carbonyl (C=O) groups excluding carboxylic acids is 1. The molecule has 0 saturated heterocycles. The first kappa shape index (κ1) is 63.2. The zero-order chi connectivity index (χ0) is 47.1. The lowest BCUT2D eigenvalue weighted by Gasteiger charge is -2.30. The number of phosphoric ester groups is 1. The molecule has 0 aliphatic heterocycles. The summed E-state index contributed by atoms with van der Waals surface area (Å²) in [5.74, 6) is -0.171. The van der Waals surface area contributed by atoms with Gasteiger partial charge in [0.1, 0.15) is 13.2 Å². The van der Waals surface area contributed by atoms with Gasteiger partial charge in [0.25, 0.3) is 7.82 Å². The van der Waals surface area contributed by atoms with Crippen LogP contribution in [0.2, 0.25) is 0 Å². The molecule has 0 bridgehead atoms. The van der Waals surface area contributed by atoms with Gasteiger partial charge in [-0.3, -0.25) is 9.36 Å². The van der Waals surface area contributed by atoms with E-state index < -0.39 is 20.0 Å². The number of allylic oxidation sites excluding steroid dienone is 2. The maximum Gasteiger partial charge on any atom is 0.268 e. The minimum atomic E-state index is -4.57. The van der Waals surface area contributed by atoms with Gasteiger partial charge < -0.3 is 28.8 Å². The van der Waals surface area contributed by atoms with Crippen LogP contribution in [-0.4, -0.2) is 68.5 Å². The third-order valence-electron chi connectivity index (χ3n) is 13.0. The number of phosphoric acid groups is 1. The van der Waals surface area contributed by atoms with Crippen molar-refractivity contribution < 1.29 is 32.9 Å². The molecule has 0 rings (SSSR count). The molecule has 1 amide bonds. The van der Waals surface area contributed by atoms with Crippen molar-refractivity contribution in [3.05, 3.63) is 12.2 Å². The van der Waals surface area contributed by atoms with E-state index in [1.165, 1.54) is 205 Å². The number of hydrogen-bond acceptors (Lipinski definition) is 6. The van der Waals surface area contributed by atoms with Crippen molar-refractivity contribution >= 4 is 13.7 Å². The number of likely N-dealkylation sites (N-methyl/N-ethyl adjacent to an activating group) is 1. The predicted molar refractivity (Wildman–Crippen MR) is 275 cm³/mol. The molecule has 3 atom stereocenters. The molecule has 8 nitrogen and oxygen atoms in total. The summed E-state index contributed by atoms with van der Waals surface area (Å²) in [6.45, 7) is 4.72. The Balaban J connectivity index is 4.00. The Bertz CT molecular complexity index is 1050. The van der Waals surface area contributed by atoms with E-state index in [4.69, 9.17) is 9.05 Å². The molecule has 9 heteroatoms. The highest BCUT2D eigenvalue weighted by Gasteiger charge is 2.24. The normalized spacial score (nSPS) is 14.0. The van der Waals surface area contributed by atoms with Crippen molar-refractivity contribution in [3.8, 4) is 0 Å². The topological polar surface area (TPSA) is 108 Å². The average Bonchev–Trinajstić information content (AvgIpc) is 3.25. The predicted octanol–water partition coefficient (Wildman–Crippen LogP) is 16.0. The van der Waals surface area contributed by atoms with Crippen LogP contribution in [0.5, 0.6) is 0 Å². The Kier molecular flexibility index (Phi) is 46.8. The van der Waals surface area contributed by atoms with Gasteiger partial charge in [0.05, 0.1) is 39.9 Å². The van der Waals surface area contributed by atoms with Gasteiger partial charge in [-0.05, 0) is 38.5 Å². The molecule has 0 aliphatic carbocycles. The van der Waals surface area contributed by atoms with Crippen molar-refractivity contribution in [2.75, 3.05) is 40.9 Å². The molecule has 0 aromatic heterocycles. The molecular weight excluding hydrogens is 816 g/mol. The molecular formula is C55H111N2O6P. The summed E-state index contributed by atoms with van der Waals surface area (Å²) in [4.78, 5) is 25.4. The second-order valence-corrected chi connectivity index (χ2v) is 22.1. The quantitative estimate of drug-likeness (QED) is 0.0272. The number of nitrogens with one attached hydrogen (secondary N) is 1. The molecule has 3 unspecified atom stereocenters. The molecule has 0 fully saturated rings. The third-order valence-corrected chi connectivity index (χ3v) is 14.0. The lowest BCUT2D eigenvalue weighted by atomic mass is 10.0. The van der Waals surface area contributed by atoms with E-state index in [2.05, 4.69) is 31.3 Å². The Labute approximate surface area is 399 Å². The highest BCUT2D eigenvalue weighted by atomic mass is 31.2. The minimum Gasteiger partial charge on any atom is -0.756 e. The van der Waals surface area contributed by atoms with Gasteiger partial charge in [-0.25, -0.2) is 0 Å². The standard InChI is InChI=1S/C55H111N2O6P/c1-6-8-10-12-14-16-18-20-21-22-23-24-25-26-27-28-29-30-31-32-33-34-35-36-37-38-40-42-44-46-48-54(58)53(52-63-64(60,61)62-51-50-57(3,4)5)56-55(59)49-47-45-43-41-39-19-17-15-13-11-9-7-2/h15,17,53-54,58H,6-14,16,18-52H2,1-5H3,(H-,56,59,60,61)/b17-15-. The second-order valence-electron chi connectivity index (χ2n) is 20.6. The van der Waals surface area contributed by atoms with Gasteiger partial charge >= 0.3 is 0 Å². The first-order valence-electron chi connectivity index (χ1n) is 28.0. The summed E-state index contributed by atoms with van der Waals surface area (Å²) in [6.07, 6.45) is 56.9. The van der Waals surface area contributed by atoms with E-state index in [-0.39, 0.29) is 19.1 Å². The monoisotopic (exact) mass is 927 g/mol. The number of quaternary nitrogens is 1. The zero-order valence-corrected chi connectivity index (χ0v) is 44.4. The van der Waals surface area contributed by atoms with Gasteiger partial charge in [-0.1, -0.05) is 251 Å². The molecule has 0 aromatic rings. The maximum atomic E-state index is 12.9. The lowest BCUT2D eigenvalue weighted by molar-refractivity contribution is -0.870. The Hall–Kier alpha value is -0.760. The maximum absolute atomic E-state index is 12.9. The molecule has 2 N–H and O–H groups in total. The van der Waals surface area contributed by atoms with Crippen LogP contribution in [0.3, 0.4) is 0 Å². The molecule has 382 valence electrons. The number of amides is 1. The SMILES string of the molecule is CCCCC/C=C\CCCCCCCC(=O)NC(COP(=O)([O-])OCC[N+](C)(C)C)C(O)CCCCCCCCCCCCCCCCCCCCCCCCCCCCCCCC. The number of carbonyl (C=O) groups is 1. The highest BCUT2D eigenvalue weighted by Crippen LogP contribution is 2.38. The number of hydrogen-bond donors (Lipinski definition) is 2. The van der Waals surface area contributed by atoms with Crippen LogP contribution in [0.1, 0.15) is 284 Å². The molecule has 0 radical (unpaired) electrons. The van der Waals surface area contributed by atoms with Gasteiger partial charge in [0, 0.05) is 6.42 Å². The number of rotatable bonds is 52. The number of nitrogens with zero attached hydrogens (tertiary/aromatic N) is 1. The van der Waals surface area contributed by atoms with Crippen molar-refractivity contribution in [1.82, 2.24) is 5.32 Å². The van der Waals surface area contributed by atoms with E-state index in [9.17, 15) is 19.4 Å². The van der Waals surface area contributed by atoms with E-state index >= 15 is 0 Å². The fraction of sp³-hybridized carbons (Fsp3) is 0.945. The van der Waals surface area contributed by atoms with Gasteiger partial charge in [0.2, 0.25) is 5.91 Å². The second kappa shape index (κ2) is 47.3. The van der Waals surface area contributed by atoms with Gasteiger partial charge in [-0.15, -0.1) is 0 Å². The van der Waals surface area contributed by atoms with Crippen LogP contribution in [0.4, 0.5) is 0 Å². The molecule has 0 heterocycles. The fourth-order valence-electron chi connectivity index (χ4n) is 8.57. The van der Waals surface area contributed by atoms with E-state index in [0.717, 1.165) is 51.4 Å². The zero-order valence-electron chi connectivity index (χ0n) is 43.5. The number of aliphatic hydroxyl groups is 1. The first-order valence-corrected chi connectivity index (χ1v) is 29.5. The Morgan fingerprint density at radius 2 is 0.859 bits per heavy atom. The summed E-state index contributed by atoms with van der Waals surface area (Å²) in [7, 11) is 1.31.